The van der Waals surface area contributed by atoms with Crippen molar-refractivity contribution in [3.8, 4) is 0 Å². The zero-order valence-corrected chi connectivity index (χ0v) is 8.68. The summed E-state index contributed by atoms with van der Waals surface area (Å²) in [5, 5.41) is 0. The van der Waals surface area contributed by atoms with E-state index in [1.54, 1.807) is 6.20 Å². The van der Waals surface area contributed by atoms with Crippen molar-refractivity contribution in [2.24, 2.45) is 0 Å². The summed E-state index contributed by atoms with van der Waals surface area (Å²) in [6, 6.07) is 3.97. The summed E-state index contributed by atoms with van der Waals surface area (Å²) >= 11 is 6.82. The third-order valence-corrected chi connectivity index (χ3v) is 2.37. The molecule has 0 aromatic carbocycles. The molecule has 0 bridgehead atoms. The lowest BCUT2D eigenvalue weighted by Gasteiger charge is -2.03. The average Bonchev–Trinajstić information content (AvgIpc) is 1.88. The summed E-state index contributed by atoms with van der Waals surface area (Å²) in [4.78, 5) is 4.44. The summed E-state index contributed by atoms with van der Waals surface area (Å²) in [6.07, 6.45) is 1.77. The summed E-state index contributed by atoms with van der Waals surface area (Å²) in [5.41, 5.74) is 1.18. The van der Waals surface area contributed by atoms with Crippen LogP contribution in [0.4, 0.5) is 0 Å². The van der Waals surface area contributed by atoms with Gasteiger partial charge < -0.3 is 0 Å². The Labute approximate surface area is 77.1 Å². The smallest absolute Gasteiger partial charge is 0.110 e. The van der Waals surface area contributed by atoms with E-state index in [0.717, 1.165) is 4.60 Å². The van der Waals surface area contributed by atoms with Gasteiger partial charge in [-0.1, -0.05) is 22.0 Å². The Bertz CT molecular complexity index is 223. The van der Waals surface area contributed by atoms with Gasteiger partial charge in [-0.15, -0.1) is 0 Å². The van der Waals surface area contributed by atoms with Crippen molar-refractivity contribution in [2.75, 3.05) is 0 Å². The largest absolute Gasteiger partial charge is 0.249 e. The number of rotatable bonds is 1. The first kappa shape index (κ1) is 8.21. The molecule has 1 heterocycles. The highest BCUT2D eigenvalue weighted by Crippen LogP contribution is 2.26. The number of aromatic nitrogens is 1. The highest BCUT2D eigenvalue weighted by molar-refractivity contribution is 9.10. The fraction of sp³-hybridized carbons (Fsp3) is 0.286. The summed E-state index contributed by atoms with van der Waals surface area (Å²) in [7, 11) is 0. The Morgan fingerprint density at radius 2 is 2.30 bits per heavy atom. The number of hydrogen-bond donors (Lipinski definition) is 0. The molecule has 1 atom stereocenters. The minimum atomic E-state index is 0.357. The van der Waals surface area contributed by atoms with Crippen LogP contribution in [-0.4, -0.2) is 4.98 Å². The van der Waals surface area contributed by atoms with Crippen LogP contribution in [0, 0.1) is 0 Å². The Balaban J connectivity index is 3.03. The van der Waals surface area contributed by atoms with Crippen LogP contribution >= 0.6 is 31.9 Å². The van der Waals surface area contributed by atoms with Gasteiger partial charge in [0.25, 0.3) is 0 Å². The molecule has 0 aliphatic heterocycles. The van der Waals surface area contributed by atoms with Gasteiger partial charge in [0.1, 0.15) is 4.60 Å². The summed E-state index contributed by atoms with van der Waals surface area (Å²) < 4.78 is 0.916. The topological polar surface area (TPSA) is 12.9 Å². The molecule has 0 spiro atoms. The van der Waals surface area contributed by atoms with Crippen molar-refractivity contribution in [1.82, 2.24) is 4.98 Å². The van der Waals surface area contributed by atoms with Gasteiger partial charge in [0.2, 0.25) is 0 Å². The van der Waals surface area contributed by atoms with Crippen molar-refractivity contribution < 1.29 is 0 Å². The van der Waals surface area contributed by atoms with Crippen LogP contribution in [0.3, 0.4) is 0 Å². The predicted molar refractivity (Wildman–Crippen MR) is 49.3 cm³/mol. The van der Waals surface area contributed by atoms with Gasteiger partial charge >= 0.3 is 0 Å². The van der Waals surface area contributed by atoms with Crippen LogP contribution in [0.15, 0.2) is 22.9 Å². The van der Waals surface area contributed by atoms with Gasteiger partial charge in [-0.2, -0.15) is 0 Å². The molecule has 54 valence electrons. The highest BCUT2D eigenvalue weighted by Gasteiger charge is 2.03. The maximum Gasteiger partial charge on any atom is 0.110 e. The first-order chi connectivity index (χ1) is 4.72. The van der Waals surface area contributed by atoms with E-state index in [1.807, 2.05) is 12.1 Å². The number of hydrogen-bond acceptors (Lipinski definition) is 1. The lowest BCUT2D eigenvalue weighted by molar-refractivity contribution is 1.07. The van der Waals surface area contributed by atoms with Gasteiger partial charge in [0.15, 0.2) is 0 Å². The maximum absolute atomic E-state index is 4.09. The van der Waals surface area contributed by atoms with Crippen LogP contribution in [0.5, 0.6) is 0 Å². The van der Waals surface area contributed by atoms with E-state index in [-0.39, 0.29) is 0 Å². The predicted octanol–water partition coefficient (Wildman–Crippen LogP) is 3.30. The molecule has 0 N–H and O–H groups in total. The van der Waals surface area contributed by atoms with Crippen LogP contribution in [0.1, 0.15) is 17.3 Å². The molecule has 0 saturated heterocycles. The second kappa shape index (κ2) is 3.49. The van der Waals surface area contributed by atoms with Crippen molar-refractivity contribution in [3.63, 3.8) is 0 Å². The Morgan fingerprint density at radius 1 is 1.60 bits per heavy atom. The third kappa shape index (κ3) is 1.80. The van der Waals surface area contributed by atoms with E-state index in [4.69, 9.17) is 0 Å². The number of nitrogens with zero attached hydrogens (tertiary/aromatic N) is 1. The zero-order valence-electron chi connectivity index (χ0n) is 5.51. The van der Waals surface area contributed by atoms with Gasteiger partial charge in [-0.3, -0.25) is 0 Å². The van der Waals surface area contributed by atoms with E-state index in [0.29, 0.717) is 4.83 Å². The van der Waals surface area contributed by atoms with E-state index in [2.05, 4.69) is 43.8 Å². The molecule has 0 fully saturated rings. The molecule has 3 heteroatoms. The molecule has 0 aliphatic carbocycles. The van der Waals surface area contributed by atoms with Crippen molar-refractivity contribution in [1.29, 1.82) is 0 Å². The standard InChI is InChI=1S/C7H7Br2N/c1-5(8)6-3-2-4-10-7(6)9/h2-5H,1H3/t5-/m1/s1. The quantitative estimate of drug-likeness (QED) is 0.560. The molecule has 1 aromatic heterocycles. The molecule has 1 nitrogen and oxygen atoms in total. The number of pyridine rings is 1. The van der Waals surface area contributed by atoms with Crippen LogP contribution < -0.4 is 0 Å². The molecular weight excluding hydrogens is 258 g/mol. The Hall–Kier alpha value is 0.110. The molecule has 1 aromatic rings. The summed E-state index contributed by atoms with van der Waals surface area (Å²) in [5.74, 6) is 0. The van der Waals surface area contributed by atoms with Crippen LogP contribution in [-0.2, 0) is 0 Å². The summed E-state index contributed by atoms with van der Waals surface area (Å²) in [6.45, 7) is 2.07. The molecule has 10 heavy (non-hydrogen) atoms. The van der Waals surface area contributed by atoms with Crippen molar-refractivity contribution in [2.45, 2.75) is 11.8 Å². The molecule has 0 unspecified atom stereocenters. The van der Waals surface area contributed by atoms with E-state index < -0.39 is 0 Å². The molecule has 0 radical (unpaired) electrons. The number of alkyl halides is 1. The third-order valence-electron chi connectivity index (χ3n) is 1.22. The highest BCUT2D eigenvalue weighted by atomic mass is 79.9. The van der Waals surface area contributed by atoms with Crippen LogP contribution in [0.2, 0.25) is 0 Å². The molecule has 0 saturated carbocycles. The van der Waals surface area contributed by atoms with Gasteiger partial charge in [-0.05, 0) is 34.5 Å². The molecule has 0 amide bonds. The first-order valence-electron chi connectivity index (χ1n) is 2.96. The van der Waals surface area contributed by atoms with Gasteiger partial charge in [0.05, 0.1) is 0 Å². The normalized spacial score (nSPS) is 13.1. The molecule has 0 aliphatic rings. The van der Waals surface area contributed by atoms with Crippen molar-refractivity contribution >= 4 is 31.9 Å². The van der Waals surface area contributed by atoms with E-state index in [9.17, 15) is 0 Å². The maximum atomic E-state index is 4.09. The Morgan fingerprint density at radius 3 is 2.70 bits per heavy atom. The minimum Gasteiger partial charge on any atom is -0.249 e. The first-order valence-corrected chi connectivity index (χ1v) is 4.67. The lowest BCUT2D eigenvalue weighted by atomic mass is 10.2. The fourth-order valence-electron chi connectivity index (χ4n) is 0.695. The fourth-order valence-corrected chi connectivity index (χ4v) is 1.97. The lowest BCUT2D eigenvalue weighted by Crippen LogP contribution is -1.86. The minimum absolute atomic E-state index is 0.357. The van der Waals surface area contributed by atoms with Gasteiger partial charge in [0, 0.05) is 11.0 Å². The second-order valence-electron chi connectivity index (χ2n) is 2.00. The second-order valence-corrected chi connectivity index (χ2v) is 4.12. The van der Waals surface area contributed by atoms with Crippen LogP contribution in [0.25, 0.3) is 0 Å². The monoisotopic (exact) mass is 263 g/mol. The Kier molecular flexibility index (Phi) is 2.86. The van der Waals surface area contributed by atoms with Crippen molar-refractivity contribution in [3.05, 3.63) is 28.5 Å². The average molecular weight is 265 g/mol. The zero-order chi connectivity index (χ0) is 7.56. The molecule has 1 rings (SSSR count). The SMILES string of the molecule is C[C@@H](Br)c1cccnc1Br. The van der Waals surface area contributed by atoms with E-state index >= 15 is 0 Å². The van der Waals surface area contributed by atoms with Gasteiger partial charge in [-0.25, -0.2) is 4.98 Å². The van der Waals surface area contributed by atoms with E-state index in [1.165, 1.54) is 5.56 Å². The molecular formula is C7H7Br2N. The number of halogens is 2.